The topological polar surface area (TPSA) is 60.2 Å². The van der Waals surface area contributed by atoms with E-state index in [1.165, 1.54) is 31.2 Å². The van der Waals surface area contributed by atoms with Gasteiger partial charge in [-0.1, -0.05) is 66.9 Å². The van der Waals surface area contributed by atoms with Gasteiger partial charge in [-0.05, 0) is 77.2 Å². The molecule has 0 saturated heterocycles. The summed E-state index contributed by atoms with van der Waals surface area (Å²) in [6, 6.07) is 37.8. The van der Waals surface area contributed by atoms with Gasteiger partial charge in [-0.25, -0.2) is 9.97 Å². The Balaban J connectivity index is 0.00000300. The van der Waals surface area contributed by atoms with Crippen molar-refractivity contribution in [2.45, 2.75) is 31.6 Å². The van der Waals surface area contributed by atoms with Crippen LogP contribution in [0.15, 0.2) is 109 Å². The molecule has 1 fully saturated rings. The molecule has 1 saturated carbocycles. The van der Waals surface area contributed by atoms with E-state index in [1.54, 1.807) is 6.07 Å². The van der Waals surface area contributed by atoms with Gasteiger partial charge in [0, 0.05) is 50.0 Å². The summed E-state index contributed by atoms with van der Waals surface area (Å²) in [4.78, 5) is 9.51. The van der Waals surface area contributed by atoms with Crippen LogP contribution >= 0.6 is 0 Å². The molecule has 43 heavy (non-hydrogen) atoms. The van der Waals surface area contributed by atoms with Crippen molar-refractivity contribution in [3.05, 3.63) is 121 Å². The summed E-state index contributed by atoms with van der Waals surface area (Å²) < 4.78 is 8.46. The summed E-state index contributed by atoms with van der Waals surface area (Å²) in [6.45, 7) is 0. The average Bonchev–Trinajstić information content (AvgIpc) is 3.69. The zero-order valence-corrected chi connectivity index (χ0v) is 25.6. The number of fused-ring (bicyclic) bond motifs is 4. The zero-order chi connectivity index (χ0) is 28.0. The second-order valence-electron chi connectivity index (χ2n) is 11.0. The van der Waals surface area contributed by atoms with Gasteiger partial charge < -0.3 is 14.4 Å². The third-order valence-electron chi connectivity index (χ3n) is 8.49. The van der Waals surface area contributed by atoms with Crippen LogP contribution in [0.3, 0.4) is 0 Å². The van der Waals surface area contributed by atoms with Gasteiger partial charge >= 0.3 is 0 Å². The van der Waals surface area contributed by atoms with E-state index in [-0.39, 0.29) is 26.8 Å². The van der Waals surface area contributed by atoms with E-state index in [4.69, 9.17) is 14.7 Å². The Bertz CT molecular complexity index is 2100. The van der Waals surface area contributed by atoms with Gasteiger partial charge in [-0.2, -0.15) is 6.07 Å². The Hall–Kier alpha value is -4.47. The first-order valence-corrected chi connectivity index (χ1v) is 14.5. The van der Waals surface area contributed by atoms with Crippen LogP contribution in [0.5, 0.6) is 17.4 Å². The summed E-state index contributed by atoms with van der Waals surface area (Å²) in [5, 5.41) is 13.8. The van der Waals surface area contributed by atoms with Crippen molar-refractivity contribution >= 4 is 32.7 Å². The molecule has 3 aromatic heterocycles. The molecule has 1 N–H and O–H groups in total. The summed E-state index contributed by atoms with van der Waals surface area (Å²) in [6.07, 6.45) is 6.99. The van der Waals surface area contributed by atoms with Crippen LogP contribution in [0, 0.1) is 6.07 Å². The Kier molecular flexibility index (Phi) is 7.20. The van der Waals surface area contributed by atoms with Crippen molar-refractivity contribution in [1.82, 2.24) is 14.5 Å². The molecule has 0 amide bonds. The predicted octanol–water partition coefficient (Wildman–Crippen LogP) is 9.35. The van der Waals surface area contributed by atoms with E-state index in [1.807, 2.05) is 48.7 Å². The summed E-state index contributed by atoms with van der Waals surface area (Å²) in [5.74, 6) is 2.54. The van der Waals surface area contributed by atoms with Gasteiger partial charge in [-0.3, -0.25) is 0 Å². The largest absolute Gasteiger partial charge is 0.506 e. The van der Waals surface area contributed by atoms with Gasteiger partial charge in [0.2, 0.25) is 5.88 Å². The minimum Gasteiger partial charge on any atom is -0.506 e. The molecule has 0 unspecified atom stereocenters. The number of nitrogens with zero attached hydrogens (tertiary/aromatic N) is 3. The summed E-state index contributed by atoms with van der Waals surface area (Å²) in [7, 11) is 0. The van der Waals surface area contributed by atoms with Gasteiger partial charge in [0.05, 0.1) is 0 Å². The minimum absolute atomic E-state index is 0. The Morgan fingerprint density at radius 2 is 1.58 bits per heavy atom. The van der Waals surface area contributed by atoms with Crippen LogP contribution < -0.4 is 4.74 Å². The maximum atomic E-state index is 10.7. The third kappa shape index (κ3) is 4.88. The SMILES string of the molecule is Oc1ccc(-c2ccccc2)c2ccc(Oc3[c-]c4c(cc3)c3ccccc3n4-c3cc(C4CCCC4)ccn3)nc12.[Pt]. The molecular weight excluding hydrogens is 714 g/mol. The second kappa shape index (κ2) is 11.3. The molecule has 6 heteroatoms. The van der Waals surface area contributed by atoms with E-state index in [0.717, 1.165) is 44.1 Å². The van der Waals surface area contributed by atoms with Gasteiger partial charge in [0.25, 0.3) is 0 Å². The number of pyridine rings is 2. The molecule has 0 radical (unpaired) electrons. The average molecular weight is 742 g/mol. The van der Waals surface area contributed by atoms with Crippen molar-refractivity contribution < 1.29 is 30.9 Å². The number of phenols is 1. The fourth-order valence-electron chi connectivity index (χ4n) is 6.46. The van der Waals surface area contributed by atoms with Crippen LogP contribution in [0.1, 0.15) is 37.2 Å². The van der Waals surface area contributed by atoms with Crippen LogP contribution in [-0.2, 0) is 21.1 Å². The molecule has 7 aromatic rings. The van der Waals surface area contributed by atoms with E-state index in [9.17, 15) is 5.11 Å². The second-order valence-corrected chi connectivity index (χ2v) is 11.0. The molecule has 0 aliphatic heterocycles. The first-order chi connectivity index (χ1) is 20.7. The van der Waals surface area contributed by atoms with E-state index in [0.29, 0.717) is 23.1 Å². The number of aromatic nitrogens is 3. The number of rotatable bonds is 5. The number of ether oxygens (including phenoxy) is 1. The molecule has 4 aromatic carbocycles. The molecule has 8 rings (SSSR count). The first-order valence-electron chi connectivity index (χ1n) is 14.5. The third-order valence-corrected chi connectivity index (χ3v) is 8.49. The number of hydrogen-bond acceptors (Lipinski definition) is 4. The predicted molar refractivity (Wildman–Crippen MR) is 168 cm³/mol. The number of hydrogen-bond donors (Lipinski definition) is 1. The summed E-state index contributed by atoms with van der Waals surface area (Å²) >= 11 is 0. The van der Waals surface area contributed by atoms with Crippen molar-refractivity contribution in [1.29, 1.82) is 0 Å². The smallest absolute Gasteiger partial charge is 0.217 e. The number of aromatic hydroxyl groups is 1. The zero-order valence-electron chi connectivity index (χ0n) is 23.3. The maximum absolute atomic E-state index is 10.7. The fourth-order valence-corrected chi connectivity index (χ4v) is 6.46. The van der Waals surface area contributed by atoms with E-state index < -0.39 is 0 Å². The molecule has 1 aliphatic rings. The maximum Gasteiger partial charge on any atom is 0.217 e. The molecule has 1 aliphatic carbocycles. The Morgan fingerprint density at radius 3 is 2.44 bits per heavy atom. The van der Waals surface area contributed by atoms with Crippen LogP contribution in [0.2, 0.25) is 0 Å². The van der Waals surface area contributed by atoms with Crippen LogP contribution in [0.4, 0.5) is 0 Å². The number of phenolic OH excluding ortho intramolecular Hbond substituents is 1. The monoisotopic (exact) mass is 741 g/mol. The molecule has 0 atom stereocenters. The quantitative estimate of drug-likeness (QED) is 0.179. The first kappa shape index (κ1) is 27.4. The standard InChI is InChI=1S/C37H28N3O2.Pt/c41-34-18-16-28(25-10-2-1-3-11-25)31-17-19-36(39-37(31)34)42-27-14-15-30-29-12-6-7-13-32(29)40(33(30)23-27)35-22-26(20-21-38-35)24-8-4-5-9-24;/h1-3,6-7,10-22,24,41H,4-5,8-9H2;/q-1;. The molecule has 0 bridgehead atoms. The van der Waals surface area contributed by atoms with Gasteiger partial charge in [0.15, 0.2) is 0 Å². The van der Waals surface area contributed by atoms with Gasteiger partial charge in [-0.15, -0.1) is 17.5 Å². The van der Waals surface area contributed by atoms with Crippen molar-refractivity contribution in [3.63, 3.8) is 0 Å². The fraction of sp³-hybridized carbons (Fsp3) is 0.135. The Morgan fingerprint density at radius 1 is 0.791 bits per heavy atom. The summed E-state index contributed by atoms with van der Waals surface area (Å²) in [5.41, 5.74) is 5.91. The minimum atomic E-state index is 0. The normalized spacial score (nSPS) is 13.5. The molecule has 214 valence electrons. The Labute approximate surface area is 264 Å². The van der Waals surface area contributed by atoms with Crippen LogP contribution in [0.25, 0.3) is 49.7 Å². The van der Waals surface area contributed by atoms with Crippen molar-refractivity contribution in [3.8, 4) is 34.3 Å². The van der Waals surface area contributed by atoms with E-state index in [2.05, 4.69) is 65.2 Å². The van der Waals surface area contributed by atoms with Crippen molar-refractivity contribution in [2.24, 2.45) is 0 Å². The van der Waals surface area contributed by atoms with Gasteiger partial charge in [0.1, 0.15) is 17.1 Å². The number of benzene rings is 4. The molecule has 0 spiro atoms. The molecule has 3 heterocycles. The van der Waals surface area contributed by atoms with E-state index >= 15 is 0 Å². The number of para-hydroxylation sites is 1. The van der Waals surface area contributed by atoms with Crippen LogP contribution in [-0.4, -0.2) is 19.6 Å². The van der Waals surface area contributed by atoms with Crippen molar-refractivity contribution in [2.75, 3.05) is 0 Å². The molecule has 5 nitrogen and oxygen atoms in total. The molecular formula is C37H28N3O2Pt-.